The molecule has 0 aliphatic heterocycles. The van der Waals surface area contributed by atoms with Crippen LogP contribution in [0.15, 0.2) is 48.8 Å². The van der Waals surface area contributed by atoms with Crippen molar-refractivity contribution < 1.29 is 4.74 Å². The summed E-state index contributed by atoms with van der Waals surface area (Å²) in [6.07, 6.45) is 3.53. The minimum absolute atomic E-state index is 0.479. The molecule has 2 aromatic rings. The second kappa shape index (κ2) is 4.86. The van der Waals surface area contributed by atoms with E-state index >= 15 is 0 Å². The lowest BCUT2D eigenvalue weighted by Crippen LogP contribution is -2.25. The number of benzene rings is 1. The molecule has 0 N–H and O–H groups in total. The molecular formula is C14H14ClNO. The fourth-order valence-corrected chi connectivity index (χ4v) is 1.97. The summed E-state index contributed by atoms with van der Waals surface area (Å²) in [6.45, 7) is 2.03. The Bertz CT molecular complexity index is 483. The molecule has 2 rings (SSSR count). The van der Waals surface area contributed by atoms with E-state index in [0.29, 0.717) is 0 Å². The first-order valence-corrected chi connectivity index (χ1v) is 5.76. The maximum Gasteiger partial charge on any atom is 0.115 e. The number of rotatable bonds is 3. The van der Waals surface area contributed by atoms with Gasteiger partial charge in [-0.2, -0.15) is 0 Å². The quantitative estimate of drug-likeness (QED) is 0.826. The van der Waals surface area contributed by atoms with Crippen molar-refractivity contribution in [3.05, 3.63) is 64.9 Å². The monoisotopic (exact) mass is 247 g/mol. The summed E-state index contributed by atoms with van der Waals surface area (Å²) in [7, 11) is 1.70. The van der Waals surface area contributed by atoms with E-state index in [1.54, 1.807) is 19.5 Å². The Labute approximate surface area is 106 Å². The van der Waals surface area contributed by atoms with Crippen molar-refractivity contribution in [2.75, 3.05) is 7.11 Å². The molecule has 0 aliphatic rings. The molecule has 17 heavy (non-hydrogen) atoms. The summed E-state index contributed by atoms with van der Waals surface area (Å²) < 4.78 is 5.68. The highest BCUT2D eigenvalue weighted by molar-refractivity contribution is 6.30. The Hall–Kier alpha value is -1.38. The highest BCUT2D eigenvalue weighted by Gasteiger charge is 2.28. The van der Waals surface area contributed by atoms with Gasteiger partial charge in [-0.05, 0) is 42.3 Å². The third-order valence-corrected chi connectivity index (χ3v) is 3.29. The number of halogens is 1. The predicted molar refractivity (Wildman–Crippen MR) is 69.2 cm³/mol. The molecule has 2 nitrogen and oxygen atoms in total. The van der Waals surface area contributed by atoms with Gasteiger partial charge in [0.15, 0.2) is 0 Å². The Morgan fingerprint density at radius 3 is 2.06 bits per heavy atom. The molecule has 1 heterocycles. The molecule has 0 radical (unpaired) electrons. The van der Waals surface area contributed by atoms with Crippen molar-refractivity contribution >= 4 is 11.6 Å². The second-order valence-electron chi connectivity index (χ2n) is 3.98. The van der Waals surface area contributed by atoms with Crippen molar-refractivity contribution in [2.24, 2.45) is 0 Å². The molecule has 88 valence electrons. The third kappa shape index (κ3) is 2.33. The molecular weight excluding hydrogens is 234 g/mol. The minimum Gasteiger partial charge on any atom is -0.369 e. The van der Waals surface area contributed by atoms with Gasteiger partial charge < -0.3 is 4.74 Å². The van der Waals surface area contributed by atoms with Gasteiger partial charge in [-0.15, -0.1) is 0 Å². The van der Waals surface area contributed by atoms with Crippen LogP contribution in [-0.4, -0.2) is 12.1 Å². The fraction of sp³-hybridized carbons (Fsp3) is 0.214. The maximum absolute atomic E-state index is 5.90. The number of nitrogens with zero attached hydrogens (tertiary/aromatic N) is 1. The van der Waals surface area contributed by atoms with Gasteiger partial charge >= 0.3 is 0 Å². The van der Waals surface area contributed by atoms with E-state index in [0.717, 1.165) is 16.1 Å². The third-order valence-electron chi connectivity index (χ3n) is 3.03. The highest BCUT2D eigenvalue weighted by Crippen LogP contribution is 2.32. The Morgan fingerprint density at radius 2 is 1.53 bits per heavy atom. The summed E-state index contributed by atoms with van der Waals surface area (Å²) >= 11 is 5.90. The van der Waals surface area contributed by atoms with Crippen LogP contribution in [0.4, 0.5) is 0 Å². The average molecular weight is 248 g/mol. The number of hydrogen-bond acceptors (Lipinski definition) is 2. The minimum atomic E-state index is -0.479. The summed E-state index contributed by atoms with van der Waals surface area (Å²) in [6, 6.07) is 11.6. The van der Waals surface area contributed by atoms with E-state index in [1.165, 1.54) is 0 Å². The lowest BCUT2D eigenvalue weighted by molar-refractivity contribution is 0.0390. The number of aromatic nitrogens is 1. The van der Waals surface area contributed by atoms with Crippen molar-refractivity contribution in [1.29, 1.82) is 0 Å². The van der Waals surface area contributed by atoms with Crippen molar-refractivity contribution in [1.82, 2.24) is 4.98 Å². The predicted octanol–water partition coefficient (Wildman–Crippen LogP) is 3.64. The maximum atomic E-state index is 5.90. The highest BCUT2D eigenvalue weighted by atomic mass is 35.5. The number of pyridine rings is 1. The fourth-order valence-electron chi connectivity index (χ4n) is 1.84. The zero-order valence-electron chi connectivity index (χ0n) is 9.85. The topological polar surface area (TPSA) is 22.1 Å². The van der Waals surface area contributed by atoms with E-state index in [9.17, 15) is 0 Å². The molecule has 0 amide bonds. The zero-order valence-corrected chi connectivity index (χ0v) is 10.6. The Kier molecular flexibility index (Phi) is 3.46. The van der Waals surface area contributed by atoms with Crippen LogP contribution >= 0.6 is 11.6 Å². The molecule has 0 bridgehead atoms. The average Bonchev–Trinajstić information content (AvgIpc) is 2.40. The number of ether oxygens (including phenoxy) is 1. The van der Waals surface area contributed by atoms with Crippen molar-refractivity contribution in [3.8, 4) is 0 Å². The summed E-state index contributed by atoms with van der Waals surface area (Å²) in [5.74, 6) is 0. The summed E-state index contributed by atoms with van der Waals surface area (Å²) in [4.78, 5) is 4.02. The van der Waals surface area contributed by atoms with E-state index in [-0.39, 0.29) is 0 Å². The van der Waals surface area contributed by atoms with Crippen molar-refractivity contribution in [3.63, 3.8) is 0 Å². The van der Waals surface area contributed by atoms with E-state index in [2.05, 4.69) is 4.98 Å². The van der Waals surface area contributed by atoms with Crippen LogP contribution in [0.2, 0.25) is 5.02 Å². The van der Waals surface area contributed by atoms with Crippen LogP contribution in [0.25, 0.3) is 0 Å². The molecule has 0 saturated heterocycles. The van der Waals surface area contributed by atoms with E-state index < -0.39 is 5.60 Å². The molecule has 0 spiro atoms. The van der Waals surface area contributed by atoms with Gasteiger partial charge in [-0.25, -0.2) is 0 Å². The normalized spacial score (nSPS) is 14.3. The first-order chi connectivity index (χ1) is 8.16. The van der Waals surface area contributed by atoms with Gasteiger partial charge in [-0.1, -0.05) is 23.7 Å². The van der Waals surface area contributed by atoms with Gasteiger partial charge in [0.05, 0.1) is 0 Å². The number of hydrogen-bond donors (Lipinski definition) is 0. The lowest BCUT2D eigenvalue weighted by Gasteiger charge is -2.29. The van der Waals surface area contributed by atoms with Crippen LogP contribution in [0, 0.1) is 0 Å². The molecule has 1 aromatic heterocycles. The van der Waals surface area contributed by atoms with E-state index in [1.807, 2.05) is 43.3 Å². The largest absolute Gasteiger partial charge is 0.369 e. The van der Waals surface area contributed by atoms with Gasteiger partial charge in [0.2, 0.25) is 0 Å². The summed E-state index contributed by atoms with van der Waals surface area (Å²) in [5, 5.41) is 0.724. The lowest BCUT2D eigenvalue weighted by atomic mass is 9.88. The molecule has 0 saturated carbocycles. The molecule has 0 unspecified atom stereocenters. The van der Waals surface area contributed by atoms with Gasteiger partial charge in [-0.3, -0.25) is 4.98 Å². The second-order valence-corrected chi connectivity index (χ2v) is 4.42. The Morgan fingerprint density at radius 1 is 1.00 bits per heavy atom. The number of methoxy groups -OCH3 is 1. The van der Waals surface area contributed by atoms with Crippen LogP contribution < -0.4 is 0 Å². The van der Waals surface area contributed by atoms with Crippen LogP contribution in [0.3, 0.4) is 0 Å². The Balaban J connectivity index is 2.48. The van der Waals surface area contributed by atoms with Gasteiger partial charge in [0.25, 0.3) is 0 Å². The molecule has 0 fully saturated rings. The first kappa shape index (κ1) is 12.1. The molecule has 3 heteroatoms. The molecule has 1 aromatic carbocycles. The first-order valence-electron chi connectivity index (χ1n) is 5.38. The SMILES string of the molecule is CO[C@](C)(c1ccncc1)c1ccc(Cl)cc1. The smallest absolute Gasteiger partial charge is 0.115 e. The van der Waals surface area contributed by atoms with Crippen LogP contribution in [-0.2, 0) is 10.3 Å². The van der Waals surface area contributed by atoms with Gasteiger partial charge in [0.1, 0.15) is 5.60 Å². The molecule has 0 aliphatic carbocycles. The summed E-state index contributed by atoms with van der Waals surface area (Å²) in [5.41, 5.74) is 1.65. The van der Waals surface area contributed by atoms with E-state index in [4.69, 9.17) is 16.3 Å². The van der Waals surface area contributed by atoms with Crippen LogP contribution in [0.5, 0.6) is 0 Å². The zero-order chi connectivity index (χ0) is 12.3. The standard InChI is InChI=1S/C14H14ClNO/c1-14(17-2,12-7-9-16-10-8-12)11-3-5-13(15)6-4-11/h3-10H,1-2H3/t14-/m0/s1. The van der Waals surface area contributed by atoms with Crippen molar-refractivity contribution in [2.45, 2.75) is 12.5 Å². The molecule has 1 atom stereocenters. The van der Waals surface area contributed by atoms with Gasteiger partial charge in [0, 0.05) is 24.5 Å². The van der Waals surface area contributed by atoms with Crippen LogP contribution in [0.1, 0.15) is 18.1 Å².